The Hall–Kier alpha value is -2.54. The van der Waals surface area contributed by atoms with Gasteiger partial charge in [0, 0.05) is 6.54 Å². The molecule has 0 unspecified atom stereocenters. The van der Waals surface area contributed by atoms with Crippen LogP contribution in [0.5, 0.6) is 5.75 Å². The van der Waals surface area contributed by atoms with Crippen molar-refractivity contribution in [2.24, 2.45) is 0 Å². The number of carbonyl (C=O) groups is 3. The second kappa shape index (κ2) is 7.64. The molecule has 7 heteroatoms. The second-order valence-electron chi connectivity index (χ2n) is 4.65. The molecule has 0 bridgehead atoms. The molecule has 1 fully saturated rings. The number of hydrogen-bond acceptors (Lipinski definition) is 5. The van der Waals surface area contributed by atoms with Crippen molar-refractivity contribution < 1.29 is 24.2 Å². The predicted octanol–water partition coefficient (Wildman–Crippen LogP) is 2.76. The van der Waals surface area contributed by atoms with Crippen LogP contribution in [0.1, 0.15) is 12.0 Å². The van der Waals surface area contributed by atoms with E-state index in [9.17, 15) is 14.4 Å². The topological polar surface area (TPSA) is 83.9 Å². The van der Waals surface area contributed by atoms with Crippen molar-refractivity contribution in [2.75, 3.05) is 13.2 Å². The number of ether oxygens (including phenoxy) is 1. The maximum atomic E-state index is 12.1. The highest BCUT2D eigenvalue weighted by molar-refractivity contribution is 8.18. The third-order valence-electron chi connectivity index (χ3n) is 2.97. The molecule has 23 heavy (non-hydrogen) atoms. The Labute approximate surface area is 137 Å². The number of amides is 2. The summed E-state index contributed by atoms with van der Waals surface area (Å²) in [5, 5.41) is 8.20. The van der Waals surface area contributed by atoms with E-state index < -0.39 is 17.1 Å². The number of benzene rings is 1. The number of nitrogens with zero attached hydrogens (tertiary/aromatic N) is 1. The van der Waals surface area contributed by atoms with E-state index in [0.29, 0.717) is 12.4 Å². The molecule has 0 aromatic heterocycles. The standard InChI is InChI=1S/C16H15NO5S/c1-2-9-22-12-5-3-11(4-6-12)10-13-15(20)17(16(21)23-13)8-7-14(18)19/h2-6,10H,1,7-9H2,(H,18,19)/b13-10+. The summed E-state index contributed by atoms with van der Waals surface area (Å²) in [6, 6.07) is 7.04. The highest BCUT2D eigenvalue weighted by Gasteiger charge is 2.34. The van der Waals surface area contributed by atoms with Crippen molar-refractivity contribution >= 4 is 35.0 Å². The summed E-state index contributed by atoms with van der Waals surface area (Å²) in [7, 11) is 0. The first-order valence-electron chi connectivity index (χ1n) is 6.82. The fourth-order valence-electron chi connectivity index (χ4n) is 1.87. The maximum Gasteiger partial charge on any atom is 0.305 e. The molecule has 1 saturated heterocycles. The fourth-order valence-corrected chi connectivity index (χ4v) is 2.73. The first-order valence-corrected chi connectivity index (χ1v) is 7.64. The molecule has 0 radical (unpaired) electrons. The van der Waals surface area contributed by atoms with Crippen LogP contribution < -0.4 is 4.74 Å². The third-order valence-corrected chi connectivity index (χ3v) is 3.88. The largest absolute Gasteiger partial charge is 0.490 e. The summed E-state index contributed by atoms with van der Waals surface area (Å²) in [4.78, 5) is 35.7. The fraction of sp³-hybridized carbons (Fsp3) is 0.188. The van der Waals surface area contributed by atoms with Crippen LogP contribution in [-0.2, 0) is 9.59 Å². The number of carboxylic acid groups (broad SMARTS) is 1. The molecule has 6 nitrogen and oxygen atoms in total. The van der Waals surface area contributed by atoms with Crippen molar-refractivity contribution in [3.05, 3.63) is 47.4 Å². The minimum atomic E-state index is -1.05. The van der Waals surface area contributed by atoms with Gasteiger partial charge in [-0.25, -0.2) is 0 Å². The first kappa shape index (κ1) is 16.8. The monoisotopic (exact) mass is 333 g/mol. The van der Waals surface area contributed by atoms with Gasteiger partial charge in [0.05, 0.1) is 11.3 Å². The lowest BCUT2D eigenvalue weighted by Gasteiger charge is -2.09. The molecule has 1 aromatic carbocycles. The Balaban J connectivity index is 2.07. The number of carboxylic acids is 1. The first-order chi connectivity index (χ1) is 11.0. The smallest absolute Gasteiger partial charge is 0.305 e. The normalized spacial score (nSPS) is 16.0. The van der Waals surface area contributed by atoms with Crippen LogP contribution in [-0.4, -0.2) is 40.3 Å². The van der Waals surface area contributed by atoms with Crippen molar-refractivity contribution in [2.45, 2.75) is 6.42 Å². The molecule has 2 amide bonds. The zero-order valence-electron chi connectivity index (χ0n) is 12.2. The molecule has 0 atom stereocenters. The zero-order chi connectivity index (χ0) is 16.8. The molecule has 0 spiro atoms. The maximum absolute atomic E-state index is 12.1. The summed E-state index contributed by atoms with van der Waals surface area (Å²) >= 11 is 0.807. The van der Waals surface area contributed by atoms with E-state index >= 15 is 0 Å². The number of imide groups is 1. The van der Waals surface area contributed by atoms with Gasteiger partial charge in [-0.2, -0.15) is 0 Å². The number of thioether (sulfide) groups is 1. The number of hydrogen-bond donors (Lipinski definition) is 1. The van der Waals surface area contributed by atoms with Crippen LogP contribution in [0.25, 0.3) is 6.08 Å². The van der Waals surface area contributed by atoms with Gasteiger partial charge in [-0.05, 0) is 35.5 Å². The summed E-state index contributed by atoms with van der Waals surface area (Å²) in [5.74, 6) is -0.840. The Morgan fingerprint density at radius 2 is 2.00 bits per heavy atom. The van der Waals surface area contributed by atoms with Gasteiger partial charge >= 0.3 is 5.97 Å². The Morgan fingerprint density at radius 3 is 2.61 bits per heavy atom. The van der Waals surface area contributed by atoms with Crippen molar-refractivity contribution in [1.29, 1.82) is 0 Å². The quantitative estimate of drug-likeness (QED) is 0.610. The lowest BCUT2D eigenvalue weighted by molar-refractivity contribution is -0.137. The van der Waals surface area contributed by atoms with Crippen molar-refractivity contribution in [1.82, 2.24) is 4.90 Å². The van der Waals surface area contributed by atoms with Crippen LogP contribution in [0.3, 0.4) is 0 Å². The summed E-state index contributed by atoms with van der Waals surface area (Å²) < 4.78 is 5.36. The van der Waals surface area contributed by atoms with Gasteiger partial charge in [0.25, 0.3) is 11.1 Å². The van der Waals surface area contributed by atoms with Crippen LogP contribution in [0.15, 0.2) is 41.8 Å². The predicted molar refractivity (Wildman–Crippen MR) is 87.1 cm³/mol. The summed E-state index contributed by atoms with van der Waals surface area (Å²) in [6.45, 7) is 3.85. The molecule has 1 heterocycles. The number of aliphatic carboxylic acids is 1. The van der Waals surface area contributed by atoms with E-state index in [1.165, 1.54) is 0 Å². The average Bonchev–Trinajstić information content (AvgIpc) is 2.78. The van der Waals surface area contributed by atoms with E-state index in [0.717, 1.165) is 22.2 Å². The Morgan fingerprint density at radius 1 is 1.30 bits per heavy atom. The molecular weight excluding hydrogens is 318 g/mol. The summed E-state index contributed by atoms with van der Waals surface area (Å²) in [6.07, 6.45) is 2.98. The van der Waals surface area contributed by atoms with E-state index in [2.05, 4.69) is 6.58 Å². The molecule has 1 aliphatic rings. The van der Waals surface area contributed by atoms with Crippen LogP contribution in [0, 0.1) is 0 Å². The van der Waals surface area contributed by atoms with Gasteiger partial charge < -0.3 is 9.84 Å². The van der Waals surface area contributed by atoms with Crippen molar-refractivity contribution in [3.8, 4) is 5.75 Å². The van der Waals surface area contributed by atoms with E-state index in [1.54, 1.807) is 36.4 Å². The Kier molecular flexibility index (Phi) is 5.59. The lowest BCUT2D eigenvalue weighted by atomic mass is 10.2. The summed E-state index contributed by atoms with van der Waals surface area (Å²) in [5.41, 5.74) is 0.750. The van der Waals surface area contributed by atoms with Crippen LogP contribution in [0.2, 0.25) is 0 Å². The van der Waals surface area contributed by atoms with Gasteiger partial charge in [0.1, 0.15) is 12.4 Å². The van der Waals surface area contributed by atoms with Crippen LogP contribution in [0.4, 0.5) is 4.79 Å². The van der Waals surface area contributed by atoms with Crippen molar-refractivity contribution in [3.63, 3.8) is 0 Å². The minimum Gasteiger partial charge on any atom is -0.490 e. The molecule has 0 aliphatic carbocycles. The molecule has 1 aromatic rings. The SMILES string of the molecule is C=CCOc1ccc(/C=C2/SC(=O)N(CCC(=O)O)C2=O)cc1. The van der Waals surface area contributed by atoms with Crippen LogP contribution >= 0.6 is 11.8 Å². The average molecular weight is 333 g/mol. The van der Waals surface area contributed by atoms with Gasteiger partial charge in [0.2, 0.25) is 0 Å². The van der Waals surface area contributed by atoms with E-state index in [-0.39, 0.29) is 17.9 Å². The van der Waals surface area contributed by atoms with Gasteiger partial charge in [-0.1, -0.05) is 24.8 Å². The third kappa shape index (κ3) is 4.46. The second-order valence-corrected chi connectivity index (χ2v) is 5.64. The molecule has 0 saturated carbocycles. The van der Waals surface area contributed by atoms with Gasteiger partial charge in [-0.3, -0.25) is 19.3 Å². The molecule has 2 rings (SSSR count). The minimum absolute atomic E-state index is 0.119. The van der Waals surface area contributed by atoms with Gasteiger partial charge in [0.15, 0.2) is 0 Å². The highest BCUT2D eigenvalue weighted by atomic mass is 32.2. The molecular formula is C16H15NO5S. The molecule has 1 aliphatic heterocycles. The Bertz CT molecular complexity index is 666. The van der Waals surface area contributed by atoms with E-state index in [1.807, 2.05) is 0 Å². The molecule has 120 valence electrons. The lowest BCUT2D eigenvalue weighted by Crippen LogP contribution is -2.30. The van der Waals surface area contributed by atoms with E-state index in [4.69, 9.17) is 9.84 Å². The molecule has 1 N–H and O–H groups in total. The highest BCUT2D eigenvalue weighted by Crippen LogP contribution is 2.32. The number of carbonyl (C=O) groups excluding carboxylic acids is 2. The number of rotatable bonds is 7. The zero-order valence-corrected chi connectivity index (χ0v) is 13.0. The van der Waals surface area contributed by atoms with Gasteiger partial charge in [-0.15, -0.1) is 0 Å².